The normalized spacial score (nSPS) is 9.67. The number of hydrogen-bond donors (Lipinski definition) is 2. The minimum absolute atomic E-state index is 0.185. The number of nitrogens with one attached hydrogen (secondary N) is 1. The largest absolute Gasteiger partial charge is 0.496 e. The Hall–Kier alpha value is -2.29. The van der Waals surface area contributed by atoms with Crippen molar-refractivity contribution in [3.05, 3.63) is 45.6 Å². The third-order valence-electron chi connectivity index (χ3n) is 2.68. The van der Waals surface area contributed by atoms with Crippen molar-refractivity contribution in [1.82, 2.24) is 0 Å². The number of methoxy groups -OCH3 is 1. The Morgan fingerprint density at radius 2 is 2.19 bits per heavy atom. The minimum atomic E-state index is -0.190. The molecule has 0 saturated heterocycles. The van der Waals surface area contributed by atoms with Crippen LogP contribution in [0.25, 0.3) is 0 Å². The lowest BCUT2D eigenvalue weighted by atomic mass is 10.1. The van der Waals surface area contributed by atoms with Crippen LogP contribution in [0, 0.1) is 18.8 Å². The van der Waals surface area contributed by atoms with E-state index in [9.17, 15) is 4.79 Å². The van der Waals surface area contributed by atoms with Gasteiger partial charge in [0.2, 0.25) is 0 Å². The van der Waals surface area contributed by atoms with Gasteiger partial charge in [-0.05, 0) is 30.7 Å². The zero-order chi connectivity index (χ0) is 15.2. The fourth-order valence-electron chi connectivity index (χ4n) is 1.81. The molecule has 0 unspecified atom stereocenters. The van der Waals surface area contributed by atoms with Crippen LogP contribution in [0.15, 0.2) is 29.6 Å². The lowest BCUT2D eigenvalue weighted by Crippen LogP contribution is -2.10. The van der Waals surface area contributed by atoms with Gasteiger partial charge < -0.3 is 15.2 Å². The Kier molecular flexibility index (Phi) is 4.99. The molecule has 0 aliphatic carbocycles. The molecular weight excluding hydrogens is 286 g/mol. The van der Waals surface area contributed by atoms with Crippen LogP contribution >= 0.6 is 11.3 Å². The van der Waals surface area contributed by atoms with Crippen molar-refractivity contribution in [3.63, 3.8) is 0 Å². The molecule has 1 amide bonds. The van der Waals surface area contributed by atoms with Crippen LogP contribution in [0.2, 0.25) is 0 Å². The highest BCUT2D eigenvalue weighted by Gasteiger charge is 2.10. The Morgan fingerprint density at radius 3 is 2.86 bits per heavy atom. The maximum atomic E-state index is 12.1. The van der Waals surface area contributed by atoms with Crippen LogP contribution in [0.4, 0.5) is 5.69 Å². The van der Waals surface area contributed by atoms with Gasteiger partial charge in [-0.3, -0.25) is 4.79 Å². The number of thiophene rings is 1. The van der Waals surface area contributed by atoms with Crippen LogP contribution < -0.4 is 10.1 Å². The first-order valence-electron chi connectivity index (χ1n) is 6.27. The second kappa shape index (κ2) is 6.93. The molecule has 0 saturated carbocycles. The molecule has 1 heterocycles. The van der Waals surface area contributed by atoms with Gasteiger partial charge in [0.05, 0.1) is 12.0 Å². The molecule has 4 nitrogen and oxygen atoms in total. The fraction of sp³-hybridized carbons (Fsp3) is 0.188. The van der Waals surface area contributed by atoms with E-state index < -0.39 is 0 Å². The summed E-state index contributed by atoms with van der Waals surface area (Å²) in [4.78, 5) is 12.7. The summed E-state index contributed by atoms with van der Waals surface area (Å²) in [6.45, 7) is 1.73. The number of amides is 1. The number of rotatable bonds is 3. The van der Waals surface area contributed by atoms with Crippen LogP contribution in [0.1, 0.15) is 20.8 Å². The Labute approximate surface area is 127 Å². The van der Waals surface area contributed by atoms with Crippen molar-refractivity contribution in [2.75, 3.05) is 19.0 Å². The van der Waals surface area contributed by atoms with E-state index in [1.54, 1.807) is 24.6 Å². The van der Waals surface area contributed by atoms with Crippen LogP contribution in [0.5, 0.6) is 5.75 Å². The highest BCUT2D eigenvalue weighted by molar-refractivity contribution is 7.12. The molecule has 0 aliphatic heterocycles. The minimum Gasteiger partial charge on any atom is -0.496 e. The summed E-state index contributed by atoms with van der Waals surface area (Å²) in [6.07, 6.45) is 0. The van der Waals surface area contributed by atoms with Gasteiger partial charge in [0, 0.05) is 22.7 Å². The Morgan fingerprint density at radius 1 is 1.38 bits per heavy atom. The standard InChI is InChI=1S/C16H15NO3S/c1-11-6-12(4-3-5-18)8-13(7-11)17-16(19)15-9-14(20-2)10-21-15/h6-10,18H,5H2,1-2H3,(H,17,19). The number of aliphatic hydroxyl groups is 1. The molecule has 1 aromatic carbocycles. The highest BCUT2D eigenvalue weighted by Crippen LogP contribution is 2.22. The van der Waals surface area contributed by atoms with Crippen molar-refractivity contribution in [2.45, 2.75) is 6.92 Å². The first kappa shape index (κ1) is 15.1. The first-order chi connectivity index (χ1) is 10.1. The maximum Gasteiger partial charge on any atom is 0.265 e. The van der Waals surface area contributed by atoms with Crippen LogP contribution in [0.3, 0.4) is 0 Å². The van der Waals surface area contributed by atoms with Gasteiger partial charge >= 0.3 is 0 Å². The molecule has 0 atom stereocenters. The van der Waals surface area contributed by atoms with Crippen molar-refractivity contribution in [3.8, 4) is 17.6 Å². The third kappa shape index (κ3) is 4.09. The van der Waals surface area contributed by atoms with Gasteiger partial charge in [0.1, 0.15) is 12.4 Å². The quantitative estimate of drug-likeness (QED) is 0.857. The molecule has 1 aromatic heterocycles. The van der Waals surface area contributed by atoms with Crippen LogP contribution in [-0.2, 0) is 0 Å². The molecule has 5 heteroatoms. The zero-order valence-corrected chi connectivity index (χ0v) is 12.6. The smallest absolute Gasteiger partial charge is 0.265 e. The van der Waals surface area contributed by atoms with E-state index in [2.05, 4.69) is 17.2 Å². The topological polar surface area (TPSA) is 58.6 Å². The highest BCUT2D eigenvalue weighted by atomic mass is 32.1. The van der Waals surface area contributed by atoms with E-state index in [1.807, 2.05) is 19.1 Å². The Balaban J connectivity index is 2.18. The summed E-state index contributed by atoms with van der Waals surface area (Å²) in [7, 11) is 1.57. The van der Waals surface area contributed by atoms with Gasteiger partial charge in [-0.2, -0.15) is 0 Å². The lowest BCUT2D eigenvalue weighted by Gasteiger charge is -2.06. The predicted octanol–water partition coefficient (Wildman–Crippen LogP) is 2.66. The Bertz CT molecular complexity index is 710. The lowest BCUT2D eigenvalue weighted by molar-refractivity contribution is 0.103. The van der Waals surface area contributed by atoms with Crippen molar-refractivity contribution in [2.24, 2.45) is 0 Å². The maximum absolute atomic E-state index is 12.1. The van der Waals surface area contributed by atoms with Gasteiger partial charge in [-0.15, -0.1) is 11.3 Å². The molecule has 0 radical (unpaired) electrons. The molecular formula is C16H15NO3S. The molecule has 0 bridgehead atoms. The number of aliphatic hydroxyl groups excluding tert-OH is 1. The van der Waals surface area contributed by atoms with E-state index in [1.165, 1.54) is 11.3 Å². The van der Waals surface area contributed by atoms with Crippen LogP contribution in [-0.4, -0.2) is 24.7 Å². The number of ether oxygens (including phenoxy) is 1. The SMILES string of the molecule is COc1csc(C(=O)Nc2cc(C)cc(C#CCO)c2)c1. The molecule has 2 rings (SSSR count). The van der Waals surface area contributed by atoms with E-state index >= 15 is 0 Å². The summed E-state index contributed by atoms with van der Waals surface area (Å²) in [5.74, 6) is 5.91. The molecule has 21 heavy (non-hydrogen) atoms. The average Bonchev–Trinajstić information content (AvgIpc) is 2.93. The van der Waals surface area contributed by atoms with E-state index in [0.29, 0.717) is 16.3 Å². The van der Waals surface area contributed by atoms with Crippen molar-refractivity contribution in [1.29, 1.82) is 0 Å². The molecule has 0 fully saturated rings. The molecule has 108 valence electrons. The second-order valence-electron chi connectivity index (χ2n) is 4.35. The average molecular weight is 301 g/mol. The second-order valence-corrected chi connectivity index (χ2v) is 5.26. The van der Waals surface area contributed by atoms with Gasteiger partial charge in [0.15, 0.2) is 0 Å². The predicted molar refractivity (Wildman–Crippen MR) is 84.0 cm³/mol. The fourth-order valence-corrected chi connectivity index (χ4v) is 2.56. The van der Waals surface area contributed by atoms with Gasteiger partial charge in [0.25, 0.3) is 5.91 Å². The van der Waals surface area contributed by atoms with E-state index in [0.717, 1.165) is 11.1 Å². The molecule has 0 spiro atoms. The summed E-state index contributed by atoms with van der Waals surface area (Å²) >= 11 is 1.33. The number of carbonyl (C=O) groups is 1. The number of carbonyl (C=O) groups excluding carboxylic acids is 1. The molecule has 2 N–H and O–H groups in total. The third-order valence-corrected chi connectivity index (χ3v) is 3.59. The molecule has 0 aliphatic rings. The van der Waals surface area contributed by atoms with E-state index in [-0.39, 0.29) is 12.5 Å². The number of hydrogen-bond acceptors (Lipinski definition) is 4. The van der Waals surface area contributed by atoms with Gasteiger partial charge in [-0.1, -0.05) is 11.8 Å². The first-order valence-corrected chi connectivity index (χ1v) is 7.15. The monoisotopic (exact) mass is 301 g/mol. The summed E-state index contributed by atoms with van der Waals surface area (Å²) < 4.78 is 5.07. The summed E-state index contributed by atoms with van der Waals surface area (Å²) in [5.41, 5.74) is 2.41. The number of benzene rings is 1. The van der Waals surface area contributed by atoms with Gasteiger partial charge in [-0.25, -0.2) is 0 Å². The summed E-state index contributed by atoms with van der Waals surface area (Å²) in [6, 6.07) is 7.24. The zero-order valence-electron chi connectivity index (χ0n) is 11.8. The summed E-state index contributed by atoms with van der Waals surface area (Å²) in [5, 5.41) is 13.4. The molecule has 2 aromatic rings. The number of aryl methyl sites for hydroxylation is 1. The van der Waals surface area contributed by atoms with Crippen molar-refractivity contribution < 1.29 is 14.6 Å². The number of anilines is 1. The van der Waals surface area contributed by atoms with Crippen molar-refractivity contribution >= 4 is 22.9 Å². The van der Waals surface area contributed by atoms with E-state index in [4.69, 9.17) is 9.84 Å².